The zero-order chi connectivity index (χ0) is 10.9. The van der Waals surface area contributed by atoms with E-state index in [1.165, 1.54) is 0 Å². The van der Waals surface area contributed by atoms with Crippen LogP contribution in [0.25, 0.3) is 0 Å². The topological polar surface area (TPSA) is 49.7 Å². The third kappa shape index (κ3) is 1.99. The SMILES string of the molecule is Cc1c(F)cc(F)c(OB(O)O)c1F. The number of hydrogen-bond acceptors (Lipinski definition) is 3. The Morgan fingerprint density at radius 1 is 1.21 bits per heavy atom. The molecule has 0 aliphatic heterocycles. The quantitative estimate of drug-likeness (QED) is 0.702. The molecular formula is C7H6BF3O3. The van der Waals surface area contributed by atoms with Gasteiger partial charge in [-0.15, -0.1) is 0 Å². The highest BCUT2D eigenvalue weighted by Crippen LogP contribution is 2.26. The van der Waals surface area contributed by atoms with Crippen molar-refractivity contribution in [3.05, 3.63) is 29.1 Å². The first kappa shape index (κ1) is 10.9. The van der Waals surface area contributed by atoms with Gasteiger partial charge in [0.1, 0.15) is 5.82 Å². The van der Waals surface area contributed by atoms with Crippen molar-refractivity contribution < 1.29 is 27.9 Å². The lowest BCUT2D eigenvalue weighted by Crippen LogP contribution is -2.22. The van der Waals surface area contributed by atoms with Crippen LogP contribution >= 0.6 is 0 Å². The van der Waals surface area contributed by atoms with Crippen molar-refractivity contribution in [3.63, 3.8) is 0 Å². The fraction of sp³-hybridized carbons (Fsp3) is 0.143. The van der Waals surface area contributed by atoms with Crippen LogP contribution in [-0.4, -0.2) is 17.4 Å². The summed E-state index contributed by atoms with van der Waals surface area (Å²) in [6.07, 6.45) is 0. The molecule has 0 amide bonds. The predicted octanol–water partition coefficient (Wildman–Crippen LogP) is 0.761. The molecule has 0 heterocycles. The fourth-order valence-electron chi connectivity index (χ4n) is 0.878. The molecule has 0 spiro atoms. The van der Waals surface area contributed by atoms with Gasteiger partial charge in [0.25, 0.3) is 0 Å². The first-order valence-electron chi connectivity index (χ1n) is 3.60. The molecule has 14 heavy (non-hydrogen) atoms. The summed E-state index contributed by atoms with van der Waals surface area (Å²) in [7, 11) is -2.36. The molecule has 0 aliphatic rings. The smallest absolute Gasteiger partial charge is 0.507 e. The van der Waals surface area contributed by atoms with E-state index in [0.717, 1.165) is 6.92 Å². The van der Waals surface area contributed by atoms with Gasteiger partial charge < -0.3 is 14.7 Å². The normalized spacial score (nSPS) is 10.1. The van der Waals surface area contributed by atoms with Gasteiger partial charge in [0.05, 0.1) is 0 Å². The summed E-state index contributed by atoms with van der Waals surface area (Å²) in [6.45, 7) is 1.07. The number of hydrogen-bond donors (Lipinski definition) is 2. The molecule has 3 nitrogen and oxygen atoms in total. The van der Waals surface area contributed by atoms with Crippen LogP contribution in [-0.2, 0) is 0 Å². The minimum atomic E-state index is -2.36. The maximum atomic E-state index is 13.1. The first-order chi connectivity index (χ1) is 6.43. The second-order valence-electron chi connectivity index (χ2n) is 2.55. The largest absolute Gasteiger partial charge is 0.707 e. The van der Waals surface area contributed by atoms with Crippen molar-refractivity contribution in [1.82, 2.24) is 0 Å². The Morgan fingerprint density at radius 2 is 1.79 bits per heavy atom. The predicted molar refractivity (Wildman–Crippen MR) is 41.9 cm³/mol. The first-order valence-corrected chi connectivity index (χ1v) is 3.60. The molecule has 0 aliphatic carbocycles. The van der Waals surface area contributed by atoms with Crippen LogP contribution in [0.2, 0.25) is 0 Å². The molecule has 0 unspecified atom stereocenters. The van der Waals surface area contributed by atoms with Crippen molar-refractivity contribution in [2.24, 2.45) is 0 Å². The molecule has 1 rings (SSSR count). The minimum Gasteiger partial charge on any atom is -0.507 e. The van der Waals surface area contributed by atoms with Gasteiger partial charge in [0.15, 0.2) is 17.4 Å². The van der Waals surface area contributed by atoms with Gasteiger partial charge in [0.2, 0.25) is 0 Å². The Labute approximate surface area is 77.9 Å². The van der Waals surface area contributed by atoms with Gasteiger partial charge >= 0.3 is 7.32 Å². The molecule has 7 heteroatoms. The molecule has 0 saturated carbocycles. The van der Waals surface area contributed by atoms with E-state index in [1.807, 2.05) is 0 Å². The van der Waals surface area contributed by atoms with Crippen LogP contribution in [0.15, 0.2) is 6.07 Å². The molecule has 0 radical (unpaired) electrons. The Balaban J connectivity index is 3.22. The Hall–Kier alpha value is -1.21. The zero-order valence-corrected chi connectivity index (χ0v) is 7.09. The van der Waals surface area contributed by atoms with Crippen LogP contribution in [0, 0.1) is 24.4 Å². The van der Waals surface area contributed by atoms with Gasteiger partial charge in [-0.1, -0.05) is 0 Å². The highest BCUT2D eigenvalue weighted by Gasteiger charge is 2.22. The molecular weight excluding hydrogens is 200 g/mol. The Morgan fingerprint density at radius 3 is 2.29 bits per heavy atom. The summed E-state index contributed by atoms with van der Waals surface area (Å²) < 4.78 is 42.6. The van der Waals surface area contributed by atoms with Gasteiger partial charge in [0, 0.05) is 11.6 Å². The molecule has 0 bridgehead atoms. The van der Waals surface area contributed by atoms with E-state index in [0.29, 0.717) is 6.07 Å². The second-order valence-corrected chi connectivity index (χ2v) is 2.55. The average Bonchev–Trinajstić information content (AvgIpc) is 2.09. The van der Waals surface area contributed by atoms with E-state index >= 15 is 0 Å². The summed E-state index contributed by atoms with van der Waals surface area (Å²) in [5.74, 6) is -4.71. The molecule has 1 aromatic carbocycles. The monoisotopic (exact) mass is 206 g/mol. The fourth-order valence-corrected chi connectivity index (χ4v) is 0.878. The lowest BCUT2D eigenvalue weighted by Gasteiger charge is -2.09. The molecule has 2 N–H and O–H groups in total. The van der Waals surface area contributed by atoms with E-state index in [4.69, 9.17) is 10.0 Å². The van der Waals surface area contributed by atoms with Crippen LogP contribution in [0.5, 0.6) is 5.75 Å². The van der Waals surface area contributed by atoms with E-state index in [2.05, 4.69) is 4.65 Å². The lowest BCUT2D eigenvalue weighted by molar-refractivity contribution is 0.273. The van der Waals surface area contributed by atoms with E-state index in [9.17, 15) is 13.2 Å². The lowest BCUT2D eigenvalue weighted by atomic mass is 10.1. The van der Waals surface area contributed by atoms with Crippen molar-refractivity contribution >= 4 is 7.32 Å². The van der Waals surface area contributed by atoms with E-state index < -0.39 is 36.1 Å². The Kier molecular flexibility index (Phi) is 3.02. The highest BCUT2D eigenvalue weighted by molar-refractivity contribution is 6.33. The molecule has 1 aromatic rings. The van der Waals surface area contributed by atoms with Gasteiger partial charge in [-0.25, -0.2) is 13.2 Å². The summed E-state index contributed by atoms with van der Waals surface area (Å²) in [6, 6.07) is 0.399. The van der Waals surface area contributed by atoms with Gasteiger partial charge in [-0.3, -0.25) is 0 Å². The standard InChI is InChI=1S/C7H6BF3O3/c1-3-4(9)2-5(10)7(6(3)11)14-8(12)13/h2,12-13H,1H3. The molecule has 76 valence electrons. The summed E-state index contributed by atoms with van der Waals surface area (Å²) in [5.41, 5.74) is -0.456. The number of halogens is 3. The minimum absolute atomic E-state index is 0.399. The van der Waals surface area contributed by atoms with Crippen molar-refractivity contribution in [1.29, 1.82) is 0 Å². The molecule has 0 aromatic heterocycles. The van der Waals surface area contributed by atoms with Crippen LogP contribution < -0.4 is 4.65 Å². The third-order valence-corrected chi connectivity index (χ3v) is 1.58. The second kappa shape index (κ2) is 3.89. The maximum Gasteiger partial charge on any atom is 0.707 e. The zero-order valence-electron chi connectivity index (χ0n) is 7.09. The van der Waals surface area contributed by atoms with Crippen molar-refractivity contribution in [3.8, 4) is 5.75 Å². The summed E-state index contributed by atoms with van der Waals surface area (Å²) in [5, 5.41) is 16.6. The maximum absolute atomic E-state index is 13.1. The summed E-state index contributed by atoms with van der Waals surface area (Å²) in [4.78, 5) is 0. The van der Waals surface area contributed by atoms with E-state index in [-0.39, 0.29) is 0 Å². The average molecular weight is 206 g/mol. The van der Waals surface area contributed by atoms with Crippen LogP contribution in [0.1, 0.15) is 5.56 Å². The highest BCUT2D eigenvalue weighted by atomic mass is 19.1. The number of benzene rings is 1. The Bertz CT molecular complexity index is 357. The van der Waals surface area contributed by atoms with Crippen LogP contribution in [0.4, 0.5) is 13.2 Å². The molecule has 0 saturated heterocycles. The molecule has 0 atom stereocenters. The molecule has 0 fully saturated rings. The van der Waals surface area contributed by atoms with Gasteiger partial charge in [-0.05, 0) is 6.92 Å². The summed E-state index contributed by atoms with van der Waals surface area (Å²) >= 11 is 0. The van der Waals surface area contributed by atoms with E-state index in [1.54, 1.807) is 0 Å². The third-order valence-electron chi connectivity index (χ3n) is 1.58. The number of rotatable bonds is 2. The van der Waals surface area contributed by atoms with Gasteiger partial charge in [-0.2, -0.15) is 0 Å². The van der Waals surface area contributed by atoms with Crippen molar-refractivity contribution in [2.45, 2.75) is 6.92 Å². The van der Waals surface area contributed by atoms with Crippen molar-refractivity contribution in [2.75, 3.05) is 0 Å². The van der Waals surface area contributed by atoms with Crippen LogP contribution in [0.3, 0.4) is 0 Å².